The fourth-order valence-electron chi connectivity index (χ4n) is 3.83. The van der Waals surface area contributed by atoms with Gasteiger partial charge >= 0.3 is 11.9 Å². The third-order valence-corrected chi connectivity index (χ3v) is 5.66. The number of pyridine rings is 1. The van der Waals surface area contributed by atoms with E-state index >= 15 is 0 Å². The second-order valence-electron chi connectivity index (χ2n) is 9.82. The number of nitrogens with one attached hydrogen (secondary N) is 1. The molecule has 1 aliphatic carbocycles. The lowest BCUT2D eigenvalue weighted by Gasteiger charge is -2.20. The Morgan fingerprint density at radius 1 is 0.950 bits per heavy atom. The van der Waals surface area contributed by atoms with Crippen molar-refractivity contribution in [3.8, 4) is 5.75 Å². The molecule has 1 aromatic heterocycles. The minimum absolute atomic E-state index is 0.0102. The van der Waals surface area contributed by atoms with E-state index < -0.39 is 35.0 Å². The fraction of sp³-hybridized carbons (Fsp3) is 0.310. The molecule has 2 aromatic rings. The van der Waals surface area contributed by atoms with Gasteiger partial charge in [0.25, 0.3) is 5.91 Å². The topological polar surface area (TPSA) is 147 Å². The molecule has 40 heavy (non-hydrogen) atoms. The van der Waals surface area contributed by atoms with Gasteiger partial charge in [-0.1, -0.05) is 6.07 Å². The summed E-state index contributed by atoms with van der Waals surface area (Å²) in [6.07, 6.45) is 1.26. The molecule has 210 valence electrons. The van der Waals surface area contributed by atoms with Crippen molar-refractivity contribution >= 4 is 35.2 Å². The van der Waals surface area contributed by atoms with E-state index in [9.17, 15) is 24.0 Å². The molecule has 1 aromatic carbocycles. The molecule has 0 saturated heterocycles. The van der Waals surface area contributed by atoms with E-state index in [-0.39, 0.29) is 51.8 Å². The Balaban J connectivity index is 1.89. The van der Waals surface area contributed by atoms with Crippen LogP contribution in [0.15, 0.2) is 59.2 Å². The summed E-state index contributed by atoms with van der Waals surface area (Å²) in [5.41, 5.74) is 0.354. The number of ether oxygens (including phenoxy) is 4. The number of aromatic nitrogens is 1. The zero-order valence-corrected chi connectivity index (χ0v) is 23.3. The maximum Gasteiger partial charge on any atom is 0.340 e. The summed E-state index contributed by atoms with van der Waals surface area (Å²) >= 11 is 0. The van der Waals surface area contributed by atoms with Crippen molar-refractivity contribution in [3.05, 3.63) is 75.9 Å². The fourth-order valence-corrected chi connectivity index (χ4v) is 3.83. The maximum atomic E-state index is 13.2. The number of Topliss-reactive ketones (excluding diaryl/α,β-unsaturated/α-hetero) is 2. The SMILES string of the molecule is COC1=C(OC)C(=O)C(Cc2ccc(OC(C)=O)c(C(=O)Nc3ccc(C(=O)OC(C)(C)C)cn3)c2)=C(C)C1=O. The van der Waals surface area contributed by atoms with E-state index in [1.54, 1.807) is 26.8 Å². The Hall–Kier alpha value is -4.80. The number of allylic oxidation sites excluding steroid dienone is 2. The summed E-state index contributed by atoms with van der Waals surface area (Å²) < 4.78 is 20.7. The normalized spacial score (nSPS) is 13.7. The number of benzene rings is 1. The van der Waals surface area contributed by atoms with E-state index in [2.05, 4.69) is 10.3 Å². The Kier molecular flexibility index (Phi) is 8.88. The summed E-state index contributed by atoms with van der Waals surface area (Å²) in [5, 5.41) is 2.60. The van der Waals surface area contributed by atoms with E-state index in [4.69, 9.17) is 18.9 Å². The lowest BCUT2D eigenvalue weighted by Crippen LogP contribution is -2.26. The van der Waals surface area contributed by atoms with Gasteiger partial charge in [0.2, 0.25) is 23.1 Å². The first-order valence-corrected chi connectivity index (χ1v) is 12.2. The number of esters is 2. The number of ketones is 2. The Labute approximate surface area is 231 Å². The number of hydrogen-bond donors (Lipinski definition) is 1. The van der Waals surface area contributed by atoms with Crippen LogP contribution in [0.2, 0.25) is 0 Å². The predicted octanol–water partition coefficient (Wildman–Crippen LogP) is 3.73. The lowest BCUT2D eigenvalue weighted by atomic mass is 9.88. The van der Waals surface area contributed by atoms with Gasteiger partial charge in [-0.25, -0.2) is 9.78 Å². The maximum absolute atomic E-state index is 13.2. The average molecular weight is 551 g/mol. The molecule has 1 N–H and O–H groups in total. The van der Waals surface area contributed by atoms with Crippen molar-refractivity contribution in [2.75, 3.05) is 19.5 Å². The molecule has 0 spiro atoms. The van der Waals surface area contributed by atoms with E-state index in [0.29, 0.717) is 5.56 Å². The van der Waals surface area contributed by atoms with Crippen LogP contribution in [0.3, 0.4) is 0 Å². The summed E-state index contributed by atoms with van der Waals surface area (Å²) in [6, 6.07) is 7.32. The van der Waals surface area contributed by atoms with Crippen molar-refractivity contribution in [2.45, 2.75) is 46.6 Å². The van der Waals surface area contributed by atoms with E-state index in [0.717, 1.165) is 0 Å². The standard InChI is InChI=1S/C29H30N2O9/c1-15-19(24(34)26(38-7)25(37-6)23(15)33)12-17-8-10-21(39-16(2)32)20(13-17)27(35)31-22-11-9-18(14-30-22)28(36)40-29(3,4)5/h8-11,13-14H,12H2,1-7H3,(H,30,31,35). The number of carbonyl (C=O) groups excluding carboxylic acids is 5. The highest BCUT2D eigenvalue weighted by molar-refractivity contribution is 6.23. The van der Waals surface area contributed by atoms with Crippen LogP contribution in [-0.4, -0.2) is 54.2 Å². The Bertz CT molecular complexity index is 1440. The van der Waals surface area contributed by atoms with Crippen molar-refractivity contribution in [2.24, 2.45) is 0 Å². The first-order valence-electron chi connectivity index (χ1n) is 12.2. The minimum Gasteiger partial charge on any atom is -0.489 e. The minimum atomic E-state index is -0.681. The molecule has 0 fully saturated rings. The molecule has 1 heterocycles. The van der Waals surface area contributed by atoms with Crippen molar-refractivity contribution in [3.63, 3.8) is 0 Å². The summed E-state index contributed by atoms with van der Waals surface area (Å²) in [5.74, 6) is -3.13. The predicted molar refractivity (Wildman–Crippen MR) is 143 cm³/mol. The molecule has 11 nitrogen and oxygen atoms in total. The number of methoxy groups -OCH3 is 2. The van der Waals surface area contributed by atoms with Crippen LogP contribution in [0.5, 0.6) is 5.75 Å². The highest BCUT2D eigenvalue weighted by Crippen LogP contribution is 2.30. The second-order valence-corrected chi connectivity index (χ2v) is 9.82. The van der Waals surface area contributed by atoms with Crippen LogP contribution in [-0.2, 0) is 35.0 Å². The molecule has 0 aliphatic heterocycles. The summed E-state index contributed by atoms with van der Waals surface area (Å²) in [4.78, 5) is 67.0. The van der Waals surface area contributed by atoms with Gasteiger partial charge in [-0.15, -0.1) is 0 Å². The van der Waals surface area contributed by atoms with E-state index in [1.165, 1.54) is 58.5 Å². The van der Waals surface area contributed by atoms with Gasteiger partial charge in [-0.3, -0.25) is 19.2 Å². The first kappa shape index (κ1) is 29.8. The number of rotatable bonds is 8. The van der Waals surface area contributed by atoms with Gasteiger partial charge in [0.1, 0.15) is 17.2 Å². The van der Waals surface area contributed by atoms with Crippen LogP contribution < -0.4 is 10.1 Å². The van der Waals surface area contributed by atoms with Gasteiger partial charge in [-0.2, -0.15) is 0 Å². The number of carbonyl (C=O) groups is 5. The van der Waals surface area contributed by atoms with Crippen molar-refractivity contribution in [1.29, 1.82) is 0 Å². The highest BCUT2D eigenvalue weighted by atomic mass is 16.6. The van der Waals surface area contributed by atoms with Crippen LogP contribution in [0.25, 0.3) is 0 Å². The summed E-state index contributed by atoms with van der Waals surface area (Å²) in [6.45, 7) is 7.93. The molecule has 11 heteroatoms. The van der Waals surface area contributed by atoms with Gasteiger partial charge in [0.05, 0.1) is 25.3 Å². The van der Waals surface area contributed by atoms with Gasteiger partial charge in [0, 0.05) is 30.7 Å². The number of amides is 1. The molecule has 1 amide bonds. The van der Waals surface area contributed by atoms with Gasteiger partial charge in [-0.05, 0) is 57.5 Å². The molecule has 0 saturated carbocycles. The third-order valence-electron chi connectivity index (χ3n) is 5.66. The number of anilines is 1. The van der Waals surface area contributed by atoms with Gasteiger partial charge in [0.15, 0.2) is 0 Å². The monoisotopic (exact) mass is 550 g/mol. The molecule has 0 atom stereocenters. The van der Waals surface area contributed by atoms with Crippen molar-refractivity contribution in [1.82, 2.24) is 4.98 Å². The smallest absolute Gasteiger partial charge is 0.340 e. The van der Waals surface area contributed by atoms with Crippen LogP contribution >= 0.6 is 0 Å². The third kappa shape index (κ3) is 6.79. The first-order chi connectivity index (χ1) is 18.7. The number of hydrogen-bond acceptors (Lipinski definition) is 10. The molecule has 3 rings (SSSR count). The average Bonchev–Trinajstić information content (AvgIpc) is 2.88. The zero-order valence-electron chi connectivity index (χ0n) is 23.3. The lowest BCUT2D eigenvalue weighted by molar-refractivity contribution is -0.131. The van der Waals surface area contributed by atoms with Crippen LogP contribution in [0.1, 0.15) is 60.9 Å². The molecule has 1 aliphatic rings. The molecule has 0 unspecified atom stereocenters. The molecule has 0 bridgehead atoms. The quantitative estimate of drug-likeness (QED) is 0.293. The van der Waals surface area contributed by atoms with Crippen LogP contribution in [0, 0.1) is 0 Å². The number of nitrogens with zero attached hydrogens (tertiary/aromatic N) is 1. The van der Waals surface area contributed by atoms with Crippen molar-refractivity contribution < 1.29 is 42.9 Å². The molecule has 0 radical (unpaired) electrons. The second kappa shape index (κ2) is 11.9. The highest BCUT2D eigenvalue weighted by Gasteiger charge is 2.34. The van der Waals surface area contributed by atoms with E-state index in [1.807, 2.05) is 0 Å². The largest absolute Gasteiger partial charge is 0.489 e. The zero-order chi connectivity index (χ0) is 29.8. The Morgan fingerprint density at radius 2 is 1.60 bits per heavy atom. The summed E-state index contributed by atoms with van der Waals surface area (Å²) in [7, 11) is 2.54. The Morgan fingerprint density at radius 3 is 2.15 bits per heavy atom. The van der Waals surface area contributed by atoms with Gasteiger partial charge < -0.3 is 24.3 Å². The molecular formula is C29H30N2O9. The van der Waals surface area contributed by atoms with Crippen LogP contribution in [0.4, 0.5) is 5.82 Å². The molecular weight excluding hydrogens is 520 g/mol.